The molecule has 2 rings (SSSR count). The Bertz CT molecular complexity index is 555. The van der Waals surface area contributed by atoms with Crippen LogP contribution in [0.15, 0.2) is 28.8 Å². The lowest BCUT2D eigenvalue weighted by molar-refractivity contribution is 0.410. The number of halogens is 1. The lowest BCUT2D eigenvalue weighted by Gasteiger charge is -2.06. The van der Waals surface area contributed by atoms with E-state index in [9.17, 15) is 4.39 Å². The second-order valence-electron chi connectivity index (χ2n) is 4.39. The average molecular weight is 278 g/mol. The van der Waals surface area contributed by atoms with Gasteiger partial charge in [-0.15, -0.1) is 0 Å². The fraction of sp³-hybridized carbons (Fsp3) is 0.400. The third-order valence-corrected chi connectivity index (χ3v) is 2.99. The molecule has 0 bridgehead atoms. The largest absolute Gasteiger partial charge is 0.496 e. The lowest BCUT2D eigenvalue weighted by atomic mass is 10.1. The summed E-state index contributed by atoms with van der Waals surface area (Å²) < 4.78 is 24.7. The van der Waals surface area contributed by atoms with E-state index in [1.54, 1.807) is 18.3 Å². The van der Waals surface area contributed by atoms with Crippen LogP contribution in [-0.2, 0) is 6.42 Å². The van der Waals surface area contributed by atoms with Crippen LogP contribution >= 0.6 is 0 Å². The quantitative estimate of drug-likeness (QED) is 0.791. The molecule has 5 heteroatoms. The standard InChI is InChI=1S/C15H19FN2O2/c1-3-17-9-5-8-14-18-10-13(20-14)15-11(16)6-4-7-12(15)19-2/h4,6-7,10,17H,3,5,8-9H2,1-2H3. The van der Waals surface area contributed by atoms with E-state index in [2.05, 4.69) is 17.2 Å². The minimum Gasteiger partial charge on any atom is -0.496 e. The summed E-state index contributed by atoms with van der Waals surface area (Å²) in [4.78, 5) is 4.19. The Kier molecular flexibility index (Phi) is 5.12. The van der Waals surface area contributed by atoms with Gasteiger partial charge < -0.3 is 14.5 Å². The average Bonchev–Trinajstić information content (AvgIpc) is 2.91. The van der Waals surface area contributed by atoms with Crippen molar-refractivity contribution in [2.75, 3.05) is 20.2 Å². The number of benzene rings is 1. The molecule has 0 fully saturated rings. The van der Waals surface area contributed by atoms with Crippen LogP contribution in [0.3, 0.4) is 0 Å². The second kappa shape index (κ2) is 7.05. The van der Waals surface area contributed by atoms with Gasteiger partial charge in [0.25, 0.3) is 0 Å². The number of nitrogens with zero attached hydrogens (tertiary/aromatic N) is 1. The number of methoxy groups -OCH3 is 1. The van der Waals surface area contributed by atoms with E-state index >= 15 is 0 Å². The molecule has 1 aromatic carbocycles. The summed E-state index contributed by atoms with van der Waals surface area (Å²) in [7, 11) is 1.51. The van der Waals surface area contributed by atoms with Crippen LogP contribution in [0.5, 0.6) is 5.75 Å². The molecule has 1 aromatic heterocycles. The first kappa shape index (κ1) is 14.5. The molecule has 0 saturated heterocycles. The first-order valence-corrected chi connectivity index (χ1v) is 6.74. The fourth-order valence-electron chi connectivity index (χ4n) is 2.00. The Labute approximate surface area is 118 Å². The minimum atomic E-state index is -0.375. The van der Waals surface area contributed by atoms with Crippen LogP contribution < -0.4 is 10.1 Å². The van der Waals surface area contributed by atoms with Gasteiger partial charge >= 0.3 is 0 Å². The van der Waals surface area contributed by atoms with Crippen molar-refractivity contribution in [3.63, 3.8) is 0 Å². The molecule has 0 aliphatic carbocycles. The van der Waals surface area contributed by atoms with Gasteiger partial charge in [0.2, 0.25) is 0 Å². The zero-order valence-corrected chi connectivity index (χ0v) is 11.8. The molecule has 0 unspecified atom stereocenters. The van der Waals surface area contributed by atoms with E-state index in [0.29, 0.717) is 23.0 Å². The van der Waals surface area contributed by atoms with E-state index in [1.165, 1.54) is 13.2 Å². The SMILES string of the molecule is CCNCCCc1ncc(-c2c(F)cccc2OC)o1. The zero-order valence-electron chi connectivity index (χ0n) is 11.8. The molecule has 0 atom stereocenters. The molecular formula is C15H19FN2O2. The Morgan fingerprint density at radius 1 is 1.40 bits per heavy atom. The highest BCUT2D eigenvalue weighted by atomic mass is 19.1. The number of ether oxygens (including phenoxy) is 1. The smallest absolute Gasteiger partial charge is 0.194 e. The molecule has 0 amide bonds. The van der Waals surface area contributed by atoms with Crippen molar-refractivity contribution in [3.05, 3.63) is 36.1 Å². The summed E-state index contributed by atoms with van der Waals surface area (Å²) in [5.41, 5.74) is 0.320. The van der Waals surface area contributed by atoms with E-state index in [4.69, 9.17) is 9.15 Å². The van der Waals surface area contributed by atoms with E-state index in [0.717, 1.165) is 25.9 Å². The van der Waals surface area contributed by atoms with Crippen molar-refractivity contribution in [2.45, 2.75) is 19.8 Å². The minimum absolute atomic E-state index is 0.320. The highest BCUT2D eigenvalue weighted by Gasteiger charge is 2.16. The van der Waals surface area contributed by atoms with Gasteiger partial charge in [-0.1, -0.05) is 13.0 Å². The third-order valence-electron chi connectivity index (χ3n) is 2.99. The van der Waals surface area contributed by atoms with E-state index in [1.807, 2.05) is 0 Å². The molecule has 0 radical (unpaired) electrons. The van der Waals surface area contributed by atoms with Gasteiger partial charge in [0, 0.05) is 6.42 Å². The number of nitrogens with one attached hydrogen (secondary N) is 1. The molecule has 4 nitrogen and oxygen atoms in total. The number of aryl methyl sites for hydroxylation is 1. The Morgan fingerprint density at radius 3 is 3.00 bits per heavy atom. The van der Waals surface area contributed by atoms with Crippen molar-refractivity contribution in [3.8, 4) is 17.1 Å². The third kappa shape index (κ3) is 3.36. The van der Waals surface area contributed by atoms with Crippen LogP contribution in [0.4, 0.5) is 4.39 Å². The van der Waals surface area contributed by atoms with E-state index < -0.39 is 0 Å². The van der Waals surface area contributed by atoms with Crippen molar-refractivity contribution in [1.82, 2.24) is 10.3 Å². The maximum Gasteiger partial charge on any atom is 0.194 e. The number of hydrogen-bond acceptors (Lipinski definition) is 4. The van der Waals surface area contributed by atoms with Gasteiger partial charge in [0.15, 0.2) is 11.7 Å². The van der Waals surface area contributed by atoms with Crippen LogP contribution in [0.25, 0.3) is 11.3 Å². The van der Waals surface area contributed by atoms with Crippen molar-refractivity contribution >= 4 is 0 Å². The number of oxazole rings is 1. The van der Waals surface area contributed by atoms with Gasteiger partial charge in [-0.3, -0.25) is 0 Å². The lowest BCUT2D eigenvalue weighted by Crippen LogP contribution is -2.14. The summed E-state index contributed by atoms with van der Waals surface area (Å²) in [5.74, 6) is 1.08. The molecule has 0 saturated carbocycles. The topological polar surface area (TPSA) is 47.3 Å². The normalized spacial score (nSPS) is 10.8. The zero-order chi connectivity index (χ0) is 14.4. The van der Waals surface area contributed by atoms with E-state index in [-0.39, 0.29) is 5.82 Å². The van der Waals surface area contributed by atoms with Crippen molar-refractivity contribution in [2.24, 2.45) is 0 Å². The van der Waals surface area contributed by atoms with Gasteiger partial charge in [0.1, 0.15) is 11.6 Å². The van der Waals surface area contributed by atoms with Gasteiger partial charge in [-0.25, -0.2) is 9.37 Å². The summed E-state index contributed by atoms with van der Waals surface area (Å²) in [6.45, 7) is 3.92. The molecule has 1 N–H and O–H groups in total. The summed E-state index contributed by atoms with van der Waals surface area (Å²) in [5, 5.41) is 3.23. The molecule has 0 aliphatic rings. The second-order valence-corrected chi connectivity index (χ2v) is 4.39. The maximum atomic E-state index is 13.9. The van der Waals surface area contributed by atoms with Crippen molar-refractivity contribution < 1.29 is 13.5 Å². The van der Waals surface area contributed by atoms with Gasteiger partial charge in [-0.05, 0) is 31.6 Å². The number of aromatic nitrogens is 1. The summed E-state index contributed by atoms with van der Waals surface area (Å²) >= 11 is 0. The Morgan fingerprint density at radius 2 is 2.25 bits per heavy atom. The summed E-state index contributed by atoms with van der Waals surface area (Å²) in [6.07, 6.45) is 3.20. The predicted molar refractivity (Wildman–Crippen MR) is 75.3 cm³/mol. The molecule has 0 spiro atoms. The highest BCUT2D eigenvalue weighted by molar-refractivity contribution is 5.65. The summed E-state index contributed by atoms with van der Waals surface area (Å²) in [6, 6.07) is 4.68. The fourth-order valence-corrected chi connectivity index (χ4v) is 2.00. The Balaban J connectivity index is 2.12. The molecule has 20 heavy (non-hydrogen) atoms. The molecular weight excluding hydrogens is 259 g/mol. The molecule has 0 aliphatic heterocycles. The molecule has 2 aromatic rings. The van der Waals surface area contributed by atoms with Gasteiger partial charge in [-0.2, -0.15) is 0 Å². The Hall–Kier alpha value is -1.88. The van der Waals surface area contributed by atoms with Crippen LogP contribution in [0.2, 0.25) is 0 Å². The molecule has 108 valence electrons. The van der Waals surface area contributed by atoms with Crippen LogP contribution in [-0.4, -0.2) is 25.2 Å². The monoisotopic (exact) mass is 278 g/mol. The molecule has 1 heterocycles. The first-order chi connectivity index (χ1) is 9.76. The predicted octanol–water partition coefficient (Wildman–Crippen LogP) is 3.03. The highest BCUT2D eigenvalue weighted by Crippen LogP contribution is 2.32. The number of hydrogen-bond donors (Lipinski definition) is 1. The number of rotatable bonds is 7. The first-order valence-electron chi connectivity index (χ1n) is 6.74. The van der Waals surface area contributed by atoms with Crippen molar-refractivity contribution in [1.29, 1.82) is 0 Å². The van der Waals surface area contributed by atoms with Gasteiger partial charge in [0.05, 0.1) is 18.9 Å². The maximum absolute atomic E-state index is 13.9. The van der Waals surface area contributed by atoms with Crippen LogP contribution in [0, 0.1) is 5.82 Å². The van der Waals surface area contributed by atoms with Crippen LogP contribution in [0.1, 0.15) is 19.2 Å².